The van der Waals surface area contributed by atoms with Crippen molar-refractivity contribution in [2.24, 2.45) is 5.73 Å². The molecule has 94 valence electrons. The lowest BCUT2D eigenvalue weighted by molar-refractivity contribution is 0.414. The predicted octanol–water partition coefficient (Wildman–Crippen LogP) is 3.10. The Balaban J connectivity index is 2.18. The van der Waals surface area contributed by atoms with Gasteiger partial charge in [-0.25, -0.2) is 0 Å². The van der Waals surface area contributed by atoms with Crippen molar-refractivity contribution in [3.63, 3.8) is 0 Å². The fraction of sp³-hybridized carbons (Fsp3) is 0.214. The molecule has 2 N–H and O–H groups in total. The van der Waals surface area contributed by atoms with Crippen LogP contribution in [0.4, 0.5) is 0 Å². The molecule has 3 nitrogen and oxygen atoms in total. The largest absolute Gasteiger partial charge is 0.497 e. The number of ether oxygens (including phenoxy) is 1. The molecule has 1 aromatic carbocycles. The summed E-state index contributed by atoms with van der Waals surface area (Å²) < 4.78 is 6.27. The quantitative estimate of drug-likeness (QED) is 0.944. The summed E-state index contributed by atoms with van der Waals surface area (Å²) in [6.07, 6.45) is 4.27. The van der Waals surface area contributed by atoms with E-state index in [0.29, 0.717) is 0 Å². The van der Waals surface area contributed by atoms with Crippen molar-refractivity contribution < 1.29 is 4.74 Å². The third-order valence-electron chi connectivity index (χ3n) is 2.83. The summed E-state index contributed by atoms with van der Waals surface area (Å²) in [7, 11) is 1.66. The highest BCUT2D eigenvalue weighted by molar-refractivity contribution is 9.10. The number of methoxy groups -OCH3 is 1. The molecule has 1 heterocycles. The van der Waals surface area contributed by atoms with Crippen molar-refractivity contribution in [3.8, 4) is 5.75 Å². The van der Waals surface area contributed by atoms with E-state index in [0.717, 1.165) is 27.8 Å². The summed E-state index contributed by atoms with van der Waals surface area (Å²) in [5, 5.41) is 0. The van der Waals surface area contributed by atoms with Gasteiger partial charge in [-0.15, -0.1) is 0 Å². The van der Waals surface area contributed by atoms with Gasteiger partial charge in [0, 0.05) is 22.9 Å². The van der Waals surface area contributed by atoms with E-state index < -0.39 is 0 Å². The minimum absolute atomic E-state index is 0.0450. The summed E-state index contributed by atoms with van der Waals surface area (Å²) in [4.78, 5) is 3.99. The van der Waals surface area contributed by atoms with Gasteiger partial charge in [-0.1, -0.05) is 15.9 Å². The molecule has 1 aromatic heterocycles. The van der Waals surface area contributed by atoms with E-state index >= 15 is 0 Å². The van der Waals surface area contributed by atoms with Gasteiger partial charge in [0.25, 0.3) is 0 Å². The molecule has 1 unspecified atom stereocenters. The number of rotatable bonds is 4. The standard InChI is InChI=1S/C14H15BrN2O/c1-18-12-2-3-13(15)11(8-12)9-14(16)10-4-6-17-7-5-10/h2-8,14H,9,16H2,1H3. The van der Waals surface area contributed by atoms with Crippen molar-refractivity contribution in [2.45, 2.75) is 12.5 Å². The fourth-order valence-electron chi connectivity index (χ4n) is 1.80. The van der Waals surface area contributed by atoms with Gasteiger partial charge in [0.15, 0.2) is 0 Å². The van der Waals surface area contributed by atoms with Crippen LogP contribution in [-0.4, -0.2) is 12.1 Å². The zero-order chi connectivity index (χ0) is 13.0. The summed E-state index contributed by atoms with van der Waals surface area (Å²) in [6, 6.07) is 9.75. The molecule has 1 atom stereocenters. The second-order valence-corrected chi connectivity index (χ2v) is 4.90. The van der Waals surface area contributed by atoms with Gasteiger partial charge in [0.05, 0.1) is 7.11 Å². The Bertz CT molecular complexity index is 516. The number of pyridine rings is 1. The number of nitrogens with two attached hydrogens (primary N) is 1. The Morgan fingerprint density at radius 1 is 1.28 bits per heavy atom. The number of nitrogens with zero attached hydrogens (tertiary/aromatic N) is 1. The van der Waals surface area contributed by atoms with Crippen LogP contribution in [0.5, 0.6) is 5.75 Å². The van der Waals surface area contributed by atoms with Crippen LogP contribution < -0.4 is 10.5 Å². The van der Waals surface area contributed by atoms with Crippen LogP contribution in [0.25, 0.3) is 0 Å². The molecule has 2 rings (SSSR count). The monoisotopic (exact) mass is 306 g/mol. The maximum Gasteiger partial charge on any atom is 0.119 e. The normalized spacial score (nSPS) is 12.2. The van der Waals surface area contributed by atoms with E-state index in [1.807, 2.05) is 30.3 Å². The van der Waals surface area contributed by atoms with Gasteiger partial charge in [-0.05, 0) is 47.9 Å². The van der Waals surface area contributed by atoms with Crippen LogP contribution in [0, 0.1) is 0 Å². The SMILES string of the molecule is COc1ccc(Br)c(CC(N)c2ccncc2)c1. The average molecular weight is 307 g/mol. The van der Waals surface area contributed by atoms with Crippen molar-refractivity contribution >= 4 is 15.9 Å². The molecule has 0 fully saturated rings. The molecule has 0 aliphatic heterocycles. The number of aromatic nitrogens is 1. The molecular weight excluding hydrogens is 292 g/mol. The van der Waals surface area contributed by atoms with Gasteiger partial charge in [-0.3, -0.25) is 4.98 Å². The average Bonchev–Trinajstić information content (AvgIpc) is 2.42. The molecule has 0 aliphatic rings. The van der Waals surface area contributed by atoms with E-state index in [4.69, 9.17) is 10.5 Å². The summed E-state index contributed by atoms with van der Waals surface area (Å²) in [5.74, 6) is 0.843. The molecule has 4 heteroatoms. The first-order chi connectivity index (χ1) is 8.70. The molecule has 0 aliphatic carbocycles. The van der Waals surface area contributed by atoms with Crippen molar-refractivity contribution in [1.82, 2.24) is 4.98 Å². The third-order valence-corrected chi connectivity index (χ3v) is 3.60. The van der Waals surface area contributed by atoms with E-state index in [1.54, 1.807) is 19.5 Å². The number of benzene rings is 1. The van der Waals surface area contributed by atoms with Gasteiger partial charge in [0.1, 0.15) is 5.75 Å². The van der Waals surface area contributed by atoms with E-state index in [1.165, 1.54) is 0 Å². The highest BCUT2D eigenvalue weighted by atomic mass is 79.9. The zero-order valence-corrected chi connectivity index (χ0v) is 11.7. The van der Waals surface area contributed by atoms with Crippen LogP contribution in [0.3, 0.4) is 0 Å². The minimum atomic E-state index is -0.0450. The highest BCUT2D eigenvalue weighted by Gasteiger charge is 2.10. The number of hydrogen-bond donors (Lipinski definition) is 1. The Morgan fingerprint density at radius 2 is 2.00 bits per heavy atom. The first kappa shape index (κ1) is 13.1. The Labute approximate surface area is 115 Å². The van der Waals surface area contributed by atoms with Crippen LogP contribution in [0.15, 0.2) is 47.2 Å². The number of hydrogen-bond acceptors (Lipinski definition) is 3. The molecule has 0 amide bonds. The molecular formula is C14H15BrN2O. The zero-order valence-electron chi connectivity index (χ0n) is 10.1. The van der Waals surface area contributed by atoms with Gasteiger partial charge in [0.2, 0.25) is 0 Å². The second-order valence-electron chi connectivity index (χ2n) is 4.05. The second kappa shape index (κ2) is 5.98. The van der Waals surface area contributed by atoms with Crippen molar-refractivity contribution in [2.75, 3.05) is 7.11 Å². The fourth-order valence-corrected chi connectivity index (χ4v) is 2.21. The lowest BCUT2D eigenvalue weighted by Gasteiger charge is -2.14. The van der Waals surface area contributed by atoms with Crippen LogP contribution >= 0.6 is 15.9 Å². The van der Waals surface area contributed by atoms with Gasteiger partial charge < -0.3 is 10.5 Å². The molecule has 0 saturated heterocycles. The molecule has 0 bridgehead atoms. The summed E-state index contributed by atoms with van der Waals surface area (Å²) >= 11 is 3.54. The lowest BCUT2D eigenvalue weighted by Crippen LogP contribution is -2.13. The molecule has 18 heavy (non-hydrogen) atoms. The van der Waals surface area contributed by atoms with Crippen molar-refractivity contribution in [3.05, 3.63) is 58.3 Å². The highest BCUT2D eigenvalue weighted by Crippen LogP contribution is 2.26. The van der Waals surface area contributed by atoms with Crippen LogP contribution in [0.2, 0.25) is 0 Å². The molecule has 0 spiro atoms. The first-order valence-corrected chi connectivity index (χ1v) is 6.48. The molecule has 0 radical (unpaired) electrons. The van der Waals surface area contributed by atoms with E-state index in [9.17, 15) is 0 Å². The smallest absolute Gasteiger partial charge is 0.119 e. The van der Waals surface area contributed by atoms with Crippen LogP contribution in [-0.2, 0) is 6.42 Å². The molecule has 0 saturated carbocycles. The minimum Gasteiger partial charge on any atom is -0.497 e. The van der Waals surface area contributed by atoms with E-state index in [2.05, 4.69) is 20.9 Å². The van der Waals surface area contributed by atoms with Gasteiger partial charge in [-0.2, -0.15) is 0 Å². The Morgan fingerprint density at radius 3 is 2.67 bits per heavy atom. The number of halogens is 1. The van der Waals surface area contributed by atoms with Crippen molar-refractivity contribution in [1.29, 1.82) is 0 Å². The predicted molar refractivity (Wildman–Crippen MR) is 75.6 cm³/mol. The Hall–Kier alpha value is -1.39. The lowest BCUT2D eigenvalue weighted by atomic mass is 10.0. The topological polar surface area (TPSA) is 48.1 Å². The molecule has 2 aromatic rings. The summed E-state index contributed by atoms with van der Waals surface area (Å²) in [6.45, 7) is 0. The first-order valence-electron chi connectivity index (χ1n) is 5.68. The third kappa shape index (κ3) is 3.09. The Kier molecular flexibility index (Phi) is 4.33. The van der Waals surface area contributed by atoms with Crippen LogP contribution in [0.1, 0.15) is 17.2 Å². The van der Waals surface area contributed by atoms with E-state index in [-0.39, 0.29) is 6.04 Å². The van der Waals surface area contributed by atoms with Gasteiger partial charge >= 0.3 is 0 Å². The maximum absolute atomic E-state index is 6.20. The maximum atomic E-state index is 6.20. The summed E-state index contributed by atoms with van der Waals surface area (Å²) in [5.41, 5.74) is 8.42.